The summed E-state index contributed by atoms with van der Waals surface area (Å²) in [7, 11) is 0. The molecule has 1 aliphatic rings. The van der Waals surface area contributed by atoms with E-state index in [9.17, 15) is 10.1 Å². The molecule has 0 saturated heterocycles. The summed E-state index contributed by atoms with van der Waals surface area (Å²) >= 11 is 0. The molecule has 0 spiro atoms. The zero-order valence-electron chi connectivity index (χ0n) is 17.6. The Labute approximate surface area is 172 Å². The second-order valence-corrected chi connectivity index (χ2v) is 7.54. The lowest BCUT2D eigenvalue weighted by atomic mass is 10.0. The van der Waals surface area contributed by atoms with Crippen LogP contribution in [0.15, 0.2) is 59.6 Å². The molecule has 0 radical (unpaired) electrons. The summed E-state index contributed by atoms with van der Waals surface area (Å²) in [5.41, 5.74) is 5.86. The Kier molecular flexibility index (Phi) is 5.93. The number of allylic oxidation sites excluding steroid dienone is 3. The number of aromatic nitrogens is 1. The second kappa shape index (κ2) is 8.40. The molecule has 0 bridgehead atoms. The van der Waals surface area contributed by atoms with E-state index >= 15 is 0 Å². The number of carbonyl (C=O) groups is 1. The second-order valence-electron chi connectivity index (χ2n) is 7.54. The number of nitrogens with one attached hydrogen (secondary N) is 2. The van der Waals surface area contributed by atoms with Gasteiger partial charge in [0.15, 0.2) is 0 Å². The molecule has 1 aromatic heterocycles. The van der Waals surface area contributed by atoms with Gasteiger partial charge in [-0.1, -0.05) is 20.4 Å². The largest absolute Gasteiger partial charge is 0.359 e. The molecule has 0 atom stereocenters. The number of amides is 1. The van der Waals surface area contributed by atoms with Crippen LogP contribution in [0.3, 0.4) is 0 Å². The molecule has 5 nitrogen and oxygen atoms in total. The van der Waals surface area contributed by atoms with Gasteiger partial charge in [-0.3, -0.25) is 4.79 Å². The van der Waals surface area contributed by atoms with Gasteiger partial charge in [0, 0.05) is 35.6 Å². The monoisotopic (exact) mass is 388 g/mol. The van der Waals surface area contributed by atoms with Gasteiger partial charge in [-0.15, -0.1) is 0 Å². The molecule has 2 aromatic rings. The standard InChI is InChI=1S/C24H28N4O/c1-6-19(7-2)28-9-8-20-21(11-18(13-25)12-23(20)28)24(29)26-14-22-15(3)10-16(4)27-17(22)5/h8-12,19,27H,5-7,14H2,1-4H3,(H,26,29). The van der Waals surface area contributed by atoms with Gasteiger partial charge in [0.1, 0.15) is 0 Å². The van der Waals surface area contributed by atoms with E-state index in [1.54, 1.807) is 6.07 Å². The SMILES string of the molecule is C=C1NC(C)=CC(C)=C1CNC(=O)c1cc(C#N)cc2c1ccn2C(CC)CC. The van der Waals surface area contributed by atoms with E-state index in [4.69, 9.17) is 0 Å². The van der Waals surface area contributed by atoms with Crippen LogP contribution >= 0.6 is 0 Å². The minimum absolute atomic E-state index is 0.186. The summed E-state index contributed by atoms with van der Waals surface area (Å²) in [6.07, 6.45) is 6.05. The highest BCUT2D eigenvalue weighted by atomic mass is 16.1. The highest BCUT2D eigenvalue weighted by Crippen LogP contribution is 2.28. The Bertz CT molecular complexity index is 1070. The van der Waals surface area contributed by atoms with Crippen LogP contribution in [0.25, 0.3) is 10.9 Å². The lowest BCUT2D eigenvalue weighted by molar-refractivity contribution is 0.0958. The van der Waals surface area contributed by atoms with Gasteiger partial charge in [-0.05, 0) is 62.1 Å². The van der Waals surface area contributed by atoms with Gasteiger partial charge in [-0.25, -0.2) is 0 Å². The summed E-state index contributed by atoms with van der Waals surface area (Å²) in [5.74, 6) is -0.186. The highest BCUT2D eigenvalue weighted by molar-refractivity contribution is 6.07. The van der Waals surface area contributed by atoms with Crippen molar-refractivity contribution in [3.63, 3.8) is 0 Å². The molecule has 0 aliphatic carbocycles. The Morgan fingerprint density at radius 3 is 2.66 bits per heavy atom. The van der Waals surface area contributed by atoms with Crippen LogP contribution in [0.1, 0.15) is 62.5 Å². The number of benzene rings is 1. The molecule has 0 unspecified atom stereocenters. The zero-order valence-corrected chi connectivity index (χ0v) is 17.6. The van der Waals surface area contributed by atoms with E-state index in [0.717, 1.165) is 46.3 Å². The maximum Gasteiger partial charge on any atom is 0.252 e. The minimum Gasteiger partial charge on any atom is -0.359 e. The summed E-state index contributed by atoms with van der Waals surface area (Å²) in [6, 6.07) is 8.06. The Hall–Kier alpha value is -3.26. The number of nitriles is 1. The summed E-state index contributed by atoms with van der Waals surface area (Å²) in [6.45, 7) is 12.7. The third kappa shape index (κ3) is 3.97. The van der Waals surface area contributed by atoms with E-state index < -0.39 is 0 Å². The summed E-state index contributed by atoms with van der Waals surface area (Å²) in [4.78, 5) is 13.0. The van der Waals surface area contributed by atoms with Crippen molar-refractivity contribution in [2.24, 2.45) is 0 Å². The molecule has 0 saturated carbocycles. The summed E-state index contributed by atoms with van der Waals surface area (Å²) < 4.78 is 2.18. The number of fused-ring (bicyclic) bond motifs is 1. The van der Waals surface area contributed by atoms with Crippen LogP contribution in [0, 0.1) is 11.3 Å². The molecule has 29 heavy (non-hydrogen) atoms. The zero-order chi connectivity index (χ0) is 21.1. The number of nitrogens with zero attached hydrogens (tertiary/aromatic N) is 2. The predicted octanol–water partition coefficient (Wildman–Crippen LogP) is 4.94. The first kappa shape index (κ1) is 20.5. The molecule has 0 fully saturated rings. The fourth-order valence-corrected chi connectivity index (χ4v) is 4.02. The van der Waals surface area contributed by atoms with Gasteiger partial charge in [0.25, 0.3) is 5.91 Å². The van der Waals surface area contributed by atoms with Crippen molar-refractivity contribution in [3.05, 3.63) is 70.7 Å². The molecule has 3 rings (SSSR count). The van der Waals surface area contributed by atoms with Crippen molar-refractivity contribution in [2.45, 2.75) is 46.6 Å². The lowest BCUT2D eigenvalue weighted by Crippen LogP contribution is -2.30. The molecule has 1 amide bonds. The van der Waals surface area contributed by atoms with E-state index in [0.29, 0.717) is 23.7 Å². The predicted molar refractivity (Wildman–Crippen MR) is 117 cm³/mol. The number of hydrogen-bond acceptors (Lipinski definition) is 3. The molecule has 150 valence electrons. The number of rotatable bonds is 6. The third-order valence-electron chi connectivity index (χ3n) is 5.59. The minimum atomic E-state index is -0.186. The van der Waals surface area contributed by atoms with E-state index in [2.05, 4.69) is 41.7 Å². The van der Waals surface area contributed by atoms with Gasteiger partial charge < -0.3 is 15.2 Å². The molecular formula is C24H28N4O. The number of dihydropyridines is 1. The number of hydrogen-bond donors (Lipinski definition) is 2. The molecule has 1 aliphatic heterocycles. The topological polar surface area (TPSA) is 69.8 Å². The van der Waals surface area contributed by atoms with Gasteiger partial charge >= 0.3 is 0 Å². The van der Waals surface area contributed by atoms with E-state index in [1.165, 1.54) is 0 Å². The Morgan fingerprint density at radius 1 is 1.31 bits per heavy atom. The van der Waals surface area contributed by atoms with Gasteiger partial charge in [0.05, 0.1) is 22.7 Å². The normalized spacial score (nSPS) is 14.1. The van der Waals surface area contributed by atoms with Crippen LogP contribution in [-0.2, 0) is 0 Å². The van der Waals surface area contributed by atoms with Crippen LogP contribution in [0.5, 0.6) is 0 Å². The fraction of sp³-hybridized carbons (Fsp3) is 0.333. The van der Waals surface area contributed by atoms with Crippen molar-refractivity contribution in [1.29, 1.82) is 5.26 Å². The molecule has 2 N–H and O–H groups in total. The van der Waals surface area contributed by atoms with Crippen LogP contribution < -0.4 is 10.6 Å². The highest BCUT2D eigenvalue weighted by Gasteiger charge is 2.18. The Morgan fingerprint density at radius 2 is 2.03 bits per heavy atom. The van der Waals surface area contributed by atoms with Crippen molar-refractivity contribution in [3.8, 4) is 6.07 Å². The smallest absolute Gasteiger partial charge is 0.252 e. The average Bonchev–Trinajstić information content (AvgIpc) is 3.11. The van der Waals surface area contributed by atoms with Crippen LogP contribution in [0.4, 0.5) is 0 Å². The molecule has 1 aromatic carbocycles. The Balaban J connectivity index is 1.95. The van der Waals surface area contributed by atoms with Crippen LogP contribution in [-0.4, -0.2) is 17.0 Å². The first-order valence-electron chi connectivity index (χ1n) is 10.1. The molecule has 5 heteroatoms. The first-order valence-corrected chi connectivity index (χ1v) is 10.1. The molecular weight excluding hydrogens is 360 g/mol. The van der Waals surface area contributed by atoms with Crippen molar-refractivity contribution in [1.82, 2.24) is 15.2 Å². The van der Waals surface area contributed by atoms with Crippen molar-refractivity contribution in [2.75, 3.05) is 6.54 Å². The first-order chi connectivity index (χ1) is 13.9. The summed E-state index contributed by atoms with van der Waals surface area (Å²) in [5, 5.41) is 16.6. The maximum absolute atomic E-state index is 13.0. The third-order valence-corrected chi connectivity index (χ3v) is 5.59. The van der Waals surface area contributed by atoms with Gasteiger partial charge in [-0.2, -0.15) is 5.26 Å². The van der Waals surface area contributed by atoms with Crippen LogP contribution in [0.2, 0.25) is 0 Å². The van der Waals surface area contributed by atoms with Crippen molar-refractivity contribution < 1.29 is 4.79 Å². The van der Waals surface area contributed by atoms with E-state index in [1.807, 2.05) is 38.3 Å². The van der Waals surface area contributed by atoms with Crippen molar-refractivity contribution >= 4 is 16.8 Å². The lowest BCUT2D eigenvalue weighted by Gasteiger charge is -2.21. The number of carbonyl (C=O) groups excluding carboxylic acids is 1. The average molecular weight is 389 g/mol. The van der Waals surface area contributed by atoms with E-state index in [-0.39, 0.29) is 5.91 Å². The quantitative estimate of drug-likeness (QED) is 0.736. The van der Waals surface area contributed by atoms with Gasteiger partial charge in [0.2, 0.25) is 0 Å². The fourth-order valence-electron chi connectivity index (χ4n) is 4.02. The molecule has 2 heterocycles. The maximum atomic E-state index is 13.0.